The zero-order chi connectivity index (χ0) is 14.2. The molecule has 0 unspecified atom stereocenters. The molecule has 0 radical (unpaired) electrons. The molecule has 0 aliphatic heterocycles. The Hall–Kier alpha value is -1.84. The molecule has 0 aromatic heterocycles. The third-order valence-electron chi connectivity index (χ3n) is 3.17. The van der Waals surface area contributed by atoms with E-state index < -0.39 is 0 Å². The quantitative estimate of drug-likeness (QED) is 0.813. The molecule has 0 aliphatic rings. The summed E-state index contributed by atoms with van der Waals surface area (Å²) in [7, 11) is 0. The van der Waals surface area contributed by atoms with Gasteiger partial charge in [-0.15, -0.1) is 0 Å². The molecule has 2 aromatic carbocycles. The number of rotatable bonds is 7. The van der Waals surface area contributed by atoms with Crippen LogP contribution in [-0.4, -0.2) is 18.3 Å². The zero-order valence-corrected chi connectivity index (χ0v) is 11.8. The number of aliphatic hydroxyl groups excluding tert-OH is 1. The van der Waals surface area contributed by atoms with Crippen molar-refractivity contribution in [3.05, 3.63) is 65.7 Å². The van der Waals surface area contributed by atoms with E-state index in [-0.39, 0.29) is 12.6 Å². The molecular weight excluding hydrogens is 250 g/mol. The van der Waals surface area contributed by atoms with Crippen molar-refractivity contribution in [1.82, 2.24) is 5.32 Å². The monoisotopic (exact) mass is 271 g/mol. The van der Waals surface area contributed by atoms with Crippen LogP contribution in [0, 0.1) is 0 Å². The smallest absolute Gasteiger partial charge is 0.119 e. The lowest BCUT2D eigenvalue weighted by atomic mass is 10.1. The van der Waals surface area contributed by atoms with Gasteiger partial charge < -0.3 is 15.2 Å². The zero-order valence-electron chi connectivity index (χ0n) is 11.8. The van der Waals surface area contributed by atoms with Gasteiger partial charge in [-0.05, 0) is 30.2 Å². The van der Waals surface area contributed by atoms with Crippen molar-refractivity contribution in [2.75, 3.05) is 13.2 Å². The molecule has 3 heteroatoms. The van der Waals surface area contributed by atoms with Crippen LogP contribution in [0.1, 0.15) is 24.1 Å². The number of hydrogen-bond donors (Lipinski definition) is 2. The van der Waals surface area contributed by atoms with E-state index in [1.807, 2.05) is 61.5 Å². The molecular formula is C17H21NO2. The van der Waals surface area contributed by atoms with Crippen LogP contribution in [0.2, 0.25) is 0 Å². The van der Waals surface area contributed by atoms with Gasteiger partial charge in [-0.25, -0.2) is 0 Å². The molecule has 0 saturated carbocycles. The molecule has 0 heterocycles. The predicted octanol–water partition coefficient (Wildman–Crippen LogP) is 2.91. The van der Waals surface area contributed by atoms with Crippen LogP contribution in [0.5, 0.6) is 5.75 Å². The van der Waals surface area contributed by atoms with Gasteiger partial charge >= 0.3 is 0 Å². The largest absolute Gasteiger partial charge is 0.494 e. The summed E-state index contributed by atoms with van der Waals surface area (Å²) in [5.41, 5.74) is 2.27. The molecule has 0 spiro atoms. The van der Waals surface area contributed by atoms with Gasteiger partial charge in [0, 0.05) is 6.54 Å². The van der Waals surface area contributed by atoms with Crippen molar-refractivity contribution >= 4 is 0 Å². The first-order valence-corrected chi connectivity index (χ1v) is 6.94. The molecule has 0 amide bonds. The van der Waals surface area contributed by atoms with Gasteiger partial charge in [-0.1, -0.05) is 42.5 Å². The first-order chi connectivity index (χ1) is 9.83. The summed E-state index contributed by atoms with van der Waals surface area (Å²) >= 11 is 0. The van der Waals surface area contributed by atoms with Crippen LogP contribution < -0.4 is 10.1 Å². The summed E-state index contributed by atoms with van der Waals surface area (Å²) in [5, 5.41) is 12.9. The first kappa shape index (κ1) is 14.6. The Labute approximate surface area is 120 Å². The predicted molar refractivity (Wildman–Crippen MR) is 80.7 cm³/mol. The van der Waals surface area contributed by atoms with E-state index in [9.17, 15) is 5.11 Å². The Morgan fingerprint density at radius 1 is 1.05 bits per heavy atom. The highest BCUT2D eigenvalue weighted by molar-refractivity contribution is 5.27. The van der Waals surface area contributed by atoms with Crippen LogP contribution >= 0.6 is 0 Å². The highest BCUT2D eigenvalue weighted by Gasteiger charge is 2.08. The average molecular weight is 271 g/mol. The molecule has 2 rings (SSSR count). The molecule has 2 aromatic rings. The fraction of sp³-hybridized carbons (Fsp3) is 0.294. The van der Waals surface area contributed by atoms with Crippen molar-refractivity contribution in [2.45, 2.75) is 19.5 Å². The van der Waals surface area contributed by atoms with E-state index in [1.54, 1.807) is 0 Å². The second-order valence-corrected chi connectivity index (χ2v) is 4.60. The summed E-state index contributed by atoms with van der Waals surface area (Å²) < 4.78 is 5.42. The fourth-order valence-corrected chi connectivity index (χ4v) is 2.08. The highest BCUT2D eigenvalue weighted by Crippen LogP contribution is 2.15. The van der Waals surface area contributed by atoms with Gasteiger partial charge in [-0.2, -0.15) is 0 Å². The third kappa shape index (κ3) is 4.08. The lowest BCUT2D eigenvalue weighted by Crippen LogP contribution is -2.23. The second-order valence-electron chi connectivity index (χ2n) is 4.60. The molecule has 2 N–H and O–H groups in total. The van der Waals surface area contributed by atoms with E-state index in [2.05, 4.69) is 5.32 Å². The molecule has 0 saturated heterocycles. The van der Waals surface area contributed by atoms with Gasteiger partial charge in [-0.3, -0.25) is 0 Å². The standard InChI is InChI=1S/C17H21NO2/c1-2-20-16-10-8-14(9-11-16)12-18-17(13-19)15-6-4-3-5-7-15/h3-11,17-19H,2,12-13H2,1H3/t17-/m0/s1. The van der Waals surface area contributed by atoms with E-state index in [0.717, 1.165) is 11.3 Å². The number of nitrogens with one attached hydrogen (secondary N) is 1. The summed E-state index contributed by atoms with van der Waals surface area (Å²) in [6.45, 7) is 3.45. The molecule has 0 aliphatic carbocycles. The van der Waals surface area contributed by atoms with Crippen LogP contribution in [0.4, 0.5) is 0 Å². The minimum absolute atomic E-state index is 0.0391. The van der Waals surface area contributed by atoms with E-state index in [1.165, 1.54) is 5.56 Å². The van der Waals surface area contributed by atoms with Gasteiger partial charge in [0.15, 0.2) is 0 Å². The second kappa shape index (κ2) is 7.68. The van der Waals surface area contributed by atoms with Gasteiger partial charge in [0.2, 0.25) is 0 Å². The SMILES string of the molecule is CCOc1ccc(CN[C@@H](CO)c2ccccc2)cc1. The lowest BCUT2D eigenvalue weighted by molar-refractivity contribution is 0.243. The van der Waals surface area contributed by atoms with Crippen LogP contribution in [0.3, 0.4) is 0 Å². The number of aliphatic hydroxyl groups is 1. The Bertz CT molecular complexity index is 496. The van der Waals surface area contributed by atoms with Gasteiger partial charge in [0.05, 0.1) is 19.3 Å². The maximum Gasteiger partial charge on any atom is 0.119 e. The number of ether oxygens (including phenoxy) is 1. The normalized spacial score (nSPS) is 12.1. The van der Waals surface area contributed by atoms with Crippen LogP contribution in [0.25, 0.3) is 0 Å². The van der Waals surface area contributed by atoms with Crippen LogP contribution in [-0.2, 0) is 6.54 Å². The maximum atomic E-state index is 9.49. The minimum Gasteiger partial charge on any atom is -0.494 e. The summed E-state index contributed by atoms with van der Waals surface area (Å²) in [6, 6.07) is 18.0. The molecule has 20 heavy (non-hydrogen) atoms. The third-order valence-corrected chi connectivity index (χ3v) is 3.17. The fourth-order valence-electron chi connectivity index (χ4n) is 2.08. The molecule has 1 atom stereocenters. The van der Waals surface area contributed by atoms with Gasteiger partial charge in [0.25, 0.3) is 0 Å². The van der Waals surface area contributed by atoms with Gasteiger partial charge in [0.1, 0.15) is 5.75 Å². The first-order valence-electron chi connectivity index (χ1n) is 6.94. The Balaban J connectivity index is 1.93. The molecule has 106 valence electrons. The summed E-state index contributed by atoms with van der Waals surface area (Å²) in [5.74, 6) is 0.887. The summed E-state index contributed by atoms with van der Waals surface area (Å²) in [6.07, 6.45) is 0. The average Bonchev–Trinajstić information content (AvgIpc) is 2.51. The van der Waals surface area contributed by atoms with Crippen molar-refractivity contribution in [3.63, 3.8) is 0 Å². The number of benzene rings is 2. The van der Waals surface area contributed by atoms with E-state index in [0.29, 0.717) is 13.2 Å². The van der Waals surface area contributed by atoms with Crippen LogP contribution in [0.15, 0.2) is 54.6 Å². The Morgan fingerprint density at radius 3 is 2.35 bits per heavy atom. The minimum atomic E-state index is -0.0391. The molecule has 3 nitrogen and oxygen atoms in total. The Kier molecular flexibility index (Phi) is 5.59. The molecule has 0 bridgehead atoms. The topological polar surface area (TPSA) is 41.5 Å². The van der Waals surface area contributed by atoms with E-state index >= 15 is 0 Å². The van der Waals surface area contributed by atoms with Crippen molar-refractivity contribution in [1.29, 1.82) is 0 Å². The van der Waals surface area contributed by atoms with Crippen molar-refractivity contribution < 1.29 is 9.84 Å². The lowest BCUT2D eigenvalue weighted by Gasteiger charge is -2.17. The van der Waals surface area contributed by atoms with Crippen molar-refractivity contribution in [2.24, 2.45) is 0 Å². The number of hydrogen-bond acceptors (Lipinski definition) is 3. The molecule has 0 fully saturated rings. The summed E-state index contributed by atoms with van der Waals surface area (Å²) in [4.78, 5) is 0. The maximum absolute atomic E-state index is 9.49. The van der Waals surface area contributed by atoms with Crippen molar-refractivity contribution in [3.8, 4) is 5.75 Å². The van der Waals surface area contributed by atoms with E-state index in [4.69, 9.17) is 4.74 Å². The highest BCUT2D eigenvalue weighted by atomic mass is 16.5. The Morgan fingerprint density at radius 2 is 1.75 bits per heavy atom.